The second-order valence-electron chi connectivity index (χ2n) is 7.19. The maximum absolute atomic E-state index is 13.9. The predicted molar refractivity (Wildman–Crippen MR) is 91.6 cm³/mol. The lowest BCUT2D eigenvalue weighted by atomic mass is 10.1. The Kier molecular flexibility index (Phi) is 4.49. The normalized spacial score (nSPS) is 17.8. The molecule has 1 aromatic heterocycles. The smallest absolute Gasteiger partial charge is 0.407 e. The number of carbonyl (C=O) groups is 1. The molecular weight excluding hydrogens is 328 g/mol. The molecule has 0 spiro atoms. The number of nitrogens with one attached hydrogen (secondary N) is 1. The van der Waals surface area contributed by atoms with Crippen molar-refractivity contribution >= 4 is 22.7 Å². The van der Waals surface area contributed by atoms with Gasteiger partial charge >= 0.3 is 6.09 Å². The topological polar surface area (TPSA) is 54.5 Å². The van der Waals surface area contributed by atoms with Crippen LogP contribution in [0.1, 0.15) is 27.2 Å². The third-order valence-corrected chi connectivity index (χ3v) is 3.99. The summed E-state index contributed by atoms with van der Waals surface area (Å²) in [5.41, 5.74) is 0.290. The number of benzene rings is 1. The van der Waals surface area contributed by atoms with Crippen LogP contribution in [0.4, 0.5) is 19.3 Å². The van der Waals surface area contributed by atoms with E-state index in [1.165, 1.54) is 12.3 Å². The van der Waals surface area contributed by atoms with E-state index >= 15 is 0 Å². The van der Waals surface area contributed by atoms with Crippen LogP contribution in [0.3, 0.4) is 0 Å². The fourth-order valence-electron chi connectivity index (χ4n) is 3.01. The molecular formula is C18H21F2N3O2. The lowest BCUT2D eigenvalue weighted by Gasteiger charge is -2.23. The maximum Gasteiger partial charge on any atom is 0.407 e. The number of alkyl carbamates (subject to hydrolysis) is 1. The maximum atomic E-state index is 13.9. The summed E-state index contributed by atoms with van der Waals surface area (Å²) in [4.78, 5) is 17.9. The molecule has 1 N–H and O–H groups in total. The van der Waals surface area contributed by atoms with Crippen molar-refractivity contribution in [3.63, 3.8) is 0 Å². The molecule has 1 aromatic carbocycles. The highest BCUT2D eigenvalue weighted by Crippen LogP contribution is 2.30. The summed E-state index contributed by atoms with van der Waals surface area (Å²) in [5.74, 6) is -1.32. The Morgan fingerprint density at radius 1 is 1.36 bits per heavy atom. The number of aromatic nitrogens is 1. The first-order chi connectivity index (χ1) is 11.7. The number of anilines is 1. The first-order valence-corrected chi connectivity index (χ1v) is 8.21. The van der Waals surface area contributed by atoms with Gasteiger partial charge in [-0.2, -0.15) is 0 Å². The summed E-state index contributed by atoms with van der Waals surface area (Å²) < 4.78 is 32.8. The highest BCUT2D eigenvalue weighted by molar-refractivity contribution is 5.92. The summed E-state index contributed by atoms with van der Waals surface area (Å²) in [5, 5.41) is 3.27. The van der Waals surface area contributed by atoms with Gasteiger partial charge in [0.15, 0.2) is 5.82 Å². The molecule has 1 atom stereocenters. The van der Waals surface area contributed by atoms with Crippen molar-refractivity contribution in [2.24, 2.45) is 0 Å². The number of hydrogen-bond donors (Lipinski definition) is 1. The molecule has 0 radical (unpaired) electrons. The summed E-state index contributed by atoms with van der Waals surface area (Å²) >= 11 is 0. The number of amides is 1. The van der Waals surface area contributed by atoms with E-state index in [-0.39, 0.29) is 11.6 Å². The van der Waals surface area contributed by atoms with E-state index in [0.717, 1.165) is 12.5 Å². The van der Waals surface area contributed by atoms with Crippen molar-refractivity contribution in [1.29, 1.82) is 0 Å². The molecule has 0 aliphatic carbocycles. The number of ether oxygens (including phenoxy) is 1. The third kappa shape index (κ3) is 3.97. The Morgan fingerprint density at radius 3 is 2.84 bits per heavy atom. The van der Waals surface area contributed by atoms with Gasteiger partial charge in [-0.25, -0.2) is 13.6 Å². The number of halogens is 2. The Hall–Kier alpha value is -2.44. The molecule has 3 rings (SSSR count). The van der Waals surface area contributed by atoms with Crippen molar-refractivity contribution in [1.82, 2.24) is 10.3 Å². The molecule has 1 fully saturated rings. The molecule has 134 valence electrons. The van der Waals surface area contributed by atoms with E-state index in [9.17, 15) is 13.6 Å². The standard InChI is InChI=1S/C18H21F2N3O2/c1-18(2,3)25-17(24)22-12-5-7-23(10-12)15-4-6-21-16-13(15)8-11(19)9-14(16)20/h4,6,8-9,12H,5,7,10H2,1-3H3,(H,22,24)/t12-/m0/s1. The number of carbonyl (C=O) groups excluding carboxylic acids is 1. The zero-order chi connectivity index (χ0) is 18.2. The Labute approximate surface area is 145 Å². The fraction of sp³-hybridized carbons (Fsp3) is 0.444. The fourth-order valence-corrected chi connectivity index (χ4v) is 3.01. The molecule has 1 aliphatic rings. The van der Waals surface area contributed by atoms with Gasteiger partial charge in [-0.05, 0) is 39.3 Å². The first kappa shape index (κ1) is 17.4. The van der Waals surface area contributed by atoms with Gasteiger partial charge in [0.1, 0.15) is 16.9 Å². The van der Waals surface area contributed by atoms with E-state index in [0.29, 0.717) is 24.2 Å². The van der Waals surface area contributed by atoms with E-state index in [4.69, 9.17) is 4.74 Å². The zero-order valence-corrected chi connectivity index (χ0v) is 14.5. The number of pyridine rings is 1. The van der Waals surface area contributed by atoms with Crippen molar-refractivity contribution in [2.45, 2.75) is 38.8 Å². The molecule has 2 heterocycles. The highest BCUT2D eigenvalue weighted by atomic mass is 19.1. The van der Waals surface area contributed by atoms with E-state index < -0.39 is 23.3 Å². The monoisotopic (exact) mass is 349 g/mol. The quantitative estimate of drug-likeness (QED) is 0.900. The largest absolute Gasteiger partial charge is 0.444 e. The van der Waals surface area contributed by atoms with Crippen molar-refractivity contribution in [3.8, 4) is 0 Å². The van der Waals surface area contributed by atoms with Crippen molar-refractivity contribution in [2.75, 3.05) is 18.0 Å². The van der Waals surface area contributed by atoms with Gasteiger partial charge < -0.3 is 15.0 Å². The van der Waals surface area contributed by atoms with Gasteiger partial charge in [0.2, 0.25) is 0 Å². The molecule has 25 heavy (non-hydrogen) atoms. The average molecular weight is 349 g/mol. The van der Waals surface area contributed by atoms with Gasteiger partial charge in [0.25, 0.3) is 0 Å². The van der Waals surface area contributed by atoms with Crippen LogP contribution in [-0.4, -0.2) is 35.8 Å². The highest BCUT2D eigenvalue weighted by Gasteiger charge is 2.27. The molecule has 1 amide bonds. The van der Waals surface area contributed by atoms with Gasteiger partial charge in [-0.1, -0.05) is 0 Å². The molecule has 0 saturated carbocycles. The van der Waals surface area contributed by atoms with Gasteiger partial charge in [-0.15, -0.1) is 0 Å². The summed E-state index contributed by atoms with van der Waals surface area (Å²) in [7, 11) is 0. The molecule has 1 saturated heterocycles. The SMILES string of the molecule is CC(C)(C)OC(=O)N[C@H]1CCN(c2ccnc3c(F)cc(F)cc23)C1. The number of rotatable bonds is 2. The van der Waals surface area contributed by atoms with Crippen LogP contribution in [-0.2, 0) is 4.74 Å². The number of nitrogens with zero attached hydrogens (tertiary/aromatic N) is 2. The van der Waals surface area contributed by atoms with Crippen LogP contribution in [0.25, 0.3) is 10.9 Å². The first-order valence-electron chi connectivity index (χ1n) is 8.21. The molecule has 2 aromatic rings. The van der Waals surface area contributed by atoms with Crippen LogP contribution in [0.5, 0.6) is 0 Å². The van der Waals surface area contributed by atoms with Gasteiger partial charge in [0.05, 0.1) is 6.04 Å². The van der Waals surface area contributed by atoms with Crippen LogP contribution in [0.2, 0.25) is 0 Å². The molecule has 5 nitrogen and oxygen atoms in total. The average Bonchev–Trinajstić information content (AvgIpc) is 2.92. The third-order valence-electron chi connectivity index (χ3n) is 3.99. The lowest BCUT2D eigenvalue weighted by molar-refractivity contribution is 0.0509. The second-order valence-corrected chi connectivity index (χ2v) is 7.19. The van der Waals surface area contributed by atoms with Crippen LogP contribution >= 0.6 is 0 Å². The summed E-state index contributed by atoms with van der Waals surface area (Å²) in [6.07, 6.45) is 1.77. The molecule has 1 aliphatic heterocycles. The minimum atomic E-state index is -0.681. The van der Waals surface area contributed by atoms with Crippen molar-refractivity contribution < 1.29 is 18.3 Å². The van der Waals surface area contributed by atoms with Crippen LogP contribution in [0.15, 0.2) is 24.4 Å². The minimum absolute atomic E-state index is 0.0866. The van der Waals surface area contributed by atoms with Crippen LogP contribution < -0.4 is 10.2 Å². The number of hydrogen-bond acceptors (Lipinski definition) is 4. The molecule has 0 unspecified atom stereocenters. The summed E-state index contributed by atoms with van der Waals surface area (Å²) in [6, 6.07) is 3.76. The summed E-state index contributed by atoms with van der Waals surface area (Å²) in [6.45, 7) is 6.62. The van der Waals surface area contributed by atoms with Crippen LogP contribution in [0, 0.1) is 11.6 Å². The second kappa shape index (κ2) is 6.46. The van der Waals surface area contributed by atoms with Crippen molar-refractivity contribution in [3.05, 3.63) is 36.0 Å². The van der Waals surface area contributed by atoms with E-state index in [1.54, 1.807) is 26.8 Å². The Balaban J connectivity index is 1.76. The van der Waals surface area contributed by atoms with E-state index in [2.05, 4.69) is 10.3 Å². The van der Waals surface area contributed by atoms with Gasteiger partial charge in [-0.3, -0.25) is 4.98 Å². The minimum Gasteiger partial charge on any atom is -0.444 e. The molecule has 7 heteroatoms. The Bertz CT molecular complexity index is 805. The molecule has 0 bridgehead atoms. The zero-order valence-electron chi connectivity index (χ0n) is 14.5. The van der Waals surface area contributed by atoms with E-state index in [1.807, 2.05) is 4.90 Å². The Morgan fingerprint density at radius 2 is 2.12 bits per heavy atom. The predicted octanol–water partition coefficient (Wildman–Crippen LogP) is 3.62. The van der Waals surface area contributed by atoms with Gasteiger partial charge in [0, 0.05) is 36.4 Å². The number of fused-ring (bicyclic) bond motifs is 1. The lowest BCUT2D eigenvalue weighted by Crippen LogP contribution is -2.40.